The highest BCUT2D eigenvalue weighted by Crippen LogP contribution is 2.43. The molecule has 31 heavy (non-hydrogen) atoms. The lowest BCUT2D eigenvalue weighted by Crippen LogP contribution is -2.49. The van der Waals surface area contributed by atoms with Crippen molar-refractivity contribution in [2.45, 2.75) is 97.4 Å². The van der Waals surface area contributed by atoms with Gasteiger partial charge in [-0.25, -0.2) is 0 Å². The summed E-state index contributed by atoms with van der Waals surface area (Å²) < 4.78 is 0. The lowest BCUT2D eigenvalue weighted by Gasteiger charge is -2.46. The molecule has 0 radical (unpaired) electrons. The Balaban J connectivity index is 1.65. The summed E-state index contributed by atoms with van der Waals surface area (Å²) in [5.74, 6) is 2.57. The van der Waals surface area contributed by atoms with Crippen molar-refractivity contribution in [2.75, 3.05) is 19.6 Å². The quantitative estimate of drug-likeness (QED) is 0.413. The van der Waals surface area contributed by atoms with Crippen molar-refractivity contribution in [3.05, 3.63) is 47.7 Å². The van der Waals surface area contributed by atoms with Gasteiger partial charge in [-0.15, -0.1) is 0 Å². The first-order chi connectivity index (χ1) is 14.8. The van der Waals surface area contributed by atoms with Crippen LogP contribution in [0.15, 0.2) is 36.5 Å². The van der Waals surface area contributed by atoms with Crippen LogP contribution in [-0.4, -0.2) is 30.6 Å². The molecule has 2 bridgehead atoms. The predicted octanol–water partition coefficient (Wildman–Crippen LogP) is 6.95. The van der Waals surface area contributed by atoms with Gasteiger partial charge in [-0.2, -0.15) is 0 Å². The number of hydrogen-bond acceptors (Lipinski definition) is 2. The van der Waals surface area contributed by atoms with Crippen LogP contribution in [0.4, 0.5) is 0 Å². The van der Waals surface area contributed by atoms with Crippen molar-refractivity contribution in [3.63, 3.8) is 0 Å². The van der Waals surface area contributed by atoms with E-state index < -0.39 is 0 Å². The summed E-state index contributed by atoms with van der Waals surface area (Å²) in [6.45, 7) is 19.9. The van der Waals surface area contributed by atoms with Gasteiger partial charge >= 0.3 is 0 Å². The van der Waals surface area contributed by atoms with E-state index in [0.29, 0.717) is 6.04 Å². The fourth-order valence-electron chi connectivity index (χ4n) is 6.20. The number of fused-ring (bicyclic) bond motifs is 2. The summed E-state index contributed by atoms with van der Waals surface area (Å²) in [4.78, 5) is 2.61. The molecule has 1 N–H and O–H groups in total. The summed E-state index contributed by atoms with van der Waals surface area (Å²) >= 11 is 0. The highest BCUT2D eigenvalue weighted by molar-refractivity contribution is 5.36. The molecular weight excluding hydrogens is 376 g/mol. The van der Waals surface area contributed by atoms with Crippen LogP contribution in [0.1, 0.15) is 90.7 Å². The molecule has 1 aromatic carbocycles. The number of nitrogens with one attached hydrogen (secondary N) is 1. The fourth-order valence-corrected chi connectivity index (χ4v) is 6.20. The summed E-state index contributed by atoms with van der Waals surface area (Å²) in [6.07, 6.45) is 10.7. The Hall–Kier alpha value is -1.28. The smallest absolute Gasteiger partial charge is 0.0312 e. The third-order valence-electron chi connectivity index (χ3n) is 8.19. The average molecular weight is 425 g/mol. The van der Waals surface area contributed by atoms with E-state index in [4.69, 9.17) is 0 Å². The molecule has 0 saturated heterocycles. The van der Waals surface area contributed by atoms with Crippen molar-refractivity contribution in [3.8, 4) is 0 Å². The standard InChI is InChI=1S/C29H48N2/c1-7-16-31(17-8-2)18-15-24-11-10-14-27(21-24)29(5,6)23(4)30-28-22(3)19-25-12-9-13-26(28)20-25/h10-11,14,21-22,25-26,28,30H,4,7-9,12-13,15-20H2,1-3,5-6H3. The Morgan fingerprint density at radius 3 is 2.55 bits per heavy atom. The zero-order chi connectivity index (χ0) is 22.4. The molecule has 0 spiro atoms. The van der Waals surface area contributed by atoms with Gasteiger partial charge < -0.3 is 10.2 Å². The largest absolute Gasteiger partial charge is 0.385 e. The maximum Gasteiger partial charge on any atom is 0.0312 e. The first kappa shape index (κ1) is 24.4. The molecule has 4 unspecified atom stereocenters. The number of nitrogens with zero attached hydrogens (tertiary/aromatic N) is 1. The minimum atomic E-state index is -0.0617. The van der Waals surface area contributed by atoms with Crippen molar-refractivity contribution in [1.29, 1.82) is 0 Å². The third-order valence-corrected chi connectivity index (χ3v) is 8.19. The van der Waals surface area contributed by atoms with Gasteiger partial charge in [0.15, 0.2) is 0 Å². The SMILES string of the molecule is C=C(NC1C(C)CC2CCCC1C2)C(C)(C)c1cccc(CCN(CCC)CCC)c1. The lowest BCUT2D eigenvalue weighted by atomic mass is 9.65. The molecule has 2 aliphatic rings. The van der Waals surface area contributed by atoms with Gasteiger partial charge in [-0.3, -0.25) is 0 Å². The van der Waals surface area contributed by atoms with Crippen molar-refractivity contribution in [1.82, 2.24) is 10.2 Å². The molecule has 2 heteroatoms. The monoisotopic (exact) mass is 424 g/mol. The minimum absolute atomic E-state index is 0.0617. The van der Waals surface area contributed by atoms with Crippen LogP contribution in [-0.2, 0) is 11.8 Å². The topological polar surface area (TPSA) is 15.3 Å². The average Bonchev–Trinajstić information content (AvgIpc) is 2.75. The maximum atomic E-state index is 4.57. The van der Waals surface area contributed by atoms with Gasteiger partial charge in [0.1, 0.15) is 0 Å². The zero-order valence-electron chi connectivity index (χ0n) is 21.1. The van der Waals surface area contributed by atoms with Crippen LogP contribution in [0.2, 0.25) is 0 Å². The number of benzene rings is 1. The molecule has 174 valence electrons. The van der Waals surface area contributed by atoms with E-state index in [0.717, 1.165) is 30.7 Å². The second-order valence-electron chi connectivity index (χ2n) is 11.1. The molecule has 0 aromatic heterocycles. The second-order valence-corrected chi connectivity index (χ2v) is 11.1. The Morgan fingerprint density at radius 2 is 1.84 bits per heavy atom. The van der Waals surface area contributed by atoms with Crippen molar-refractivity contribution < 1.29 is 0 Å². The molecule has 3 rings (SSSR count). The molecule has 2 aliphatic carbocycles. The molecule has 0 heterocycles. The molecule has 2 saturated carbocycles. The Morgan fingerprint density at radius 1 is 1.10 bits per heavy atom. The van der Waals surface area contributed by atoms with Gasteiger partial charge in [0.05, 0.1) is 0 Å². The van der Waals surface area contributed by atoms with E-state index in [9.17, 15) is 0 Å². The van der Waals surface area contributed by atoms with Crippen LogP contribution in [0.5, 0.6) is 0 Å². The molecule has 4 atom stereocenters. The van der Waals surface area contributed by atoms with Gasteiger partial charge in [-0.05, 0) is 80.5 Å². The molecular formula is C29H48N2. The Bertz CT molecular complexity index is 698. The van der Waals surface area contributed by atoms with Crippen LogP contribution in [0.3, 0.4) is 0 Å². The molecule has 1 aromatic rings. The van der Waals surface area contributed by atoms with E-state index in [-0.39, 0.29) is 5.41 Å². The van der Waals surface area contributed by atoms with Gasteiger partial charge in [0.25, 0.3) is 0 Å². The number of rotatable bonds is 11. The normalized spacial score (nSPS) is 26.1. The van der Waals surface area contributed by atoms with Crippen LogP contribution in [0.25, 0.3) is 0 Å². The zero-order valence-corrected chi connectivity index (χ0v) is 21.1. The van der Waals surface area contributed by atoms with E-state index in [2.05, 4.69) is 75.7 Å². The highest BCUT2D eigenvalue weighted by atomic mass is 15.1. The first-order valence-electron chi connectivity index (χ1n) is 13.1. The van der Waals surface area contributed by atoms with E-state index in [1.807, 2.05) is 0 Å². The molecule has 0 aliphatic heterocycles. The van der Waals surface area contributed by atoms with E-state index in [1.54, 1.807) is 0 Å². The summed E-state index contributed by atoms with van der Waals surface area (Å²) in [5, 5.41) is 3.96. The Labute approximate surface area is 192 Å². The van der Waals surface area contributed by atoms with Crippen LogP contribution >= 0.6 is 0 Å². The van der Waals surface area contributed by atoms with Crippen LogP contribution < -0.4 is 5.32 Å². The number of hydrogen-bond donors (Lipinski definition) is 1. The first-order valence-corrected chi connectivity index (χ1v) is 13.1. The molecule has 2 nitrogen and oxygen atoms in total. The third kappa shape index (κ3) is 6.15. The van der Waals surface area contributed by atoms with Gasteiger partial charge in [0.2, 0.25) is 0 Å². The maximum absolute atomic E-state index is 4.57. The molecule has 2 fully saturated rings. The highest BCUT2D eigenvalue weighted by Gasteiger charge is 2.39. The van der Waals surface area contributed by atoms with Crippen LogP contribution in [0, 0.1) is 17.8 Å². The lowest BCUT2D eigenvalue weighted by molar-refractivity contribution is 0.101. The van der Waals surface area contributed by atoms with Gasteiger partial charge in [0, 0.05) is 23.7 Å². The summed E-state index contributed by atoms with van der Waals surface area (Å²) in [7, 11) is 0. The minimum Gasteiger partial charge on any atom is -0.385 e. The second kappa shape index (κ2) is 11.0. The predicted molar refractivity (Wildman–Crippen MR) is 135 cm³/mol. The van der Waals surface area contributed by atoms with Crippen molar-refractivity contribution in [2.24, 2.45) is 17.8 Å². The molecule has 0 amide bonds. The fraction of sp³-hybridized carbons (Fsp3) is 0.724. The van der Waals surface area contributed by atoms with E-state index in [1.165, 1.54) is 74.9 Å². The summed E-state index contributed by atoms with van der Waals surface area (Å²) in [6, 6.07) is 9.88. The summed E-state index contributed by atoms with van der Waals surface area (Å²) in [5.41, 5.74) is 3.99. The Kier molecular flexibility index (Phi) is 8.67. The van der Waals surface area contributed by atoms with E-state index >= 15 is 0 Å². The van der Waals surface area contributed by atoms with Gasteiger partial charge in [-0.1, -0.05) is 78.3 Å². The number of allylic oxidation sites excluding steroid dienone is 1. The van der Waals surface area contributed by atoms with Crippen molar-refractivity contribution >= 4 is 0 Å².